The van der Waals surface area contributed by atoms with Crippen LogP contribution < -0.4 is 10.6 Å². The largest absolute Gasteiger partial charge is 0.360 e. The summed E-state index contributed by atoms with van der Waals surface area (Å²) in [6.45, 7) is 1.83. The van der Waals surface area contributed by atoms with Crippen molar-refractivity contribution in [2.24, 2.45) is 0 Å². The van der Waals surface area contributed by atoms with Crippen LogP contribution in [0.3, 0.4) is 0 Å². The van der Waals surface area contributed by atoms with Gasteiger partial charge in [0.05, 0.1) is 0 Å². The van der Waals surface area contributed by atoms with Crippen molar-refractivity contribution in [2.75, 3.05) is 5.32 Å². The quantitative estimate of drug-likeness (QED) is 0.906. The lowest BCUT2D eigenvalue weighted by molar-refractivity contribution is 0.0922. The molecule has 1 aliphatic carbocycles. The molecule has 0 unspecified atom stereocenters. The van der Waals surface area contributed by atoms with Crippen molar-refractivity contribution in [3.8, 4) is 0 Å². The SMILES string of the molecule is Cc1cc(Nc2ccnc(C(=O)NC3CCCCC3)c2)no1. The van der Waals surface area contributed by atoms with E-state index in [9.17, 15) is 4.79 Å². The fourth-order valence-electron chi connectivity index (χ4n) is 2.71. The Hall–Kier alpha value is -2.37. The lowest BCUT2D eigenvalue weighted by Gasteiger charge is -2.22. The molecule has 2 heterocycles. The number of rotatable bonds is 4. The van der Waals surface area contributed by atoms with E-state index >= 15 is 0 Å². The van der Waals surface area contributed by atoms with Crippen molar-refractivity contribution in [3.63, 3.8) is 0 Å². The summed E-state index contributed by atoms with van der Waals surface area (Å²) in [6, 6.07) is 5.59. The van der Waals surface area contributed by atoms with Crippen LogP contribution in [-0.4, -0.2) is 22.1 Å². The summed E-state index contributed by atoms with van der Waals surface area (Å²) in [4.78, 5) is 16.4. The average molecular weight is 300 g/mol. The van der Waals surface area contributed by atoms with Crippen LogP contribution in [0.15, 0.2) is 28.9 Å². The van der Waals surface area contributed by atoms with Gasteiger partial charge in [-0.1, -0.05) is 24.4 Å². The van der Waals surface area contributed by atoms with Crippen LogP contribution in [0.5, 0.6) is 0 Å². The lowest BCUT2D eigenvalue weighted by Crippen LogP contribution is -2.36. The molecule has 2 aromatic heterocycles. The number of pyridine rings is 1. The minimum atomic E-state index is -0.119. The van der Waals surface area contributed by atoms with Gasteiger partial charge in [0.2, 0.25) is 0 Å². The summed E-state index contributed by atoms with van der Waals surface area (Å²) in [5.74, 6) is 1.22. The zero-order chi connectivity index (χ0) is 15.4. The summed E-state index contributed by atoms with van der Waals surface area (Å²) >= 11 is 0. The second-order valence-electron chi connectivity index (χ2n) is 5.69. The Morgan fingerprint density at radius 1 is 1.27 bits per heavy atom. The molecule has 1 fully saturated rings. The highest BCUT2D eigenvalue weighted by Gasteiger charge is 2.17. The van der Waals surface area contributed by atoms with Crippen LogP contribution in [0, 0.1) is 6.92 Å². The second kappa shape index (κ2) is 6.60. The molecule has 1 aliphatic rings. The molecule has 1 amide bonds. The average Bonchev–Trinajstić information content (AvgIpc) is 2.93. The van der Waals surface area contributed by atoms with Gasteiger partial charge in [0.15, 0.2) is 5.82 Å². The van der Waals surface area contributed by atoms with Gasteiger partial charge in [-0.05, 0) is 31.9 Å². The number of aromatic nitrogens is 2. The first kappa shape index (κ1) is 14.6. The third-order valence-corrected chi connectivity index (χ3v) is 3.83. The van der Waals surface area contributed by atoms with Gasteiger partial charge in [0, 0.05) is 24.0 Å². The van der Waals surface area contributed by atoms with Crippen molar-refractivity contribution in [1.82, 2.24) is 15.5 Å². The highest BCUT2D eigenvalue weighted by atomic mass is 16.5. The molecule has 0 radical (unpaired) electrons. The number of hydrogen-bond donors (Lipinski definition) is 2. The Morgan fingerprint density at radius 3 is 2.82 bits per heavy atom. The molecule has 0 aliphatic heterocycles. The molecule has 3 rings (SSSR count). The van der Waals surface area contributed by atoms with E-state index in [4.69, 9.17) is 4.52 Å². The Balaban J connectivity index is 1.66. The maximum atomic E-state index is 12.3. The lowest BCUT2D eigenvalue weighted by atomic mass is 9.95. The number of nitrogens with zero attached hydrogens (tertiary/aromatic N) is 2. The van der Waals surface area contributed by atoms with Crippen LogP contribution in [0.2, 0.25) is 0 Å². The number of amides is 1. The molecule has 0 spiro atoms. The zero-order valence-corrected chi connectivity index (χ0v) is 12.6. The minimum absolute atomic E-state index is 0.119. The molecule has 0 aromatic carbocycles. The topological polar surface area (TPSA) is 80.0 Å². The first-order valence-corrected chi connectivity index (χ1v) is 7.68. The third kappa shape index (κ3) is 3.63. The number of nitrogens with one attached hydrogen (secondary N) is 2. The van der Waals surface area contributed by atoms with E-state index in [1.165, 1.54) is 19.3 Å². The summed E-state index contributed by atoms with van der Waals surface area (Å²) < 4.78 is 5.01. The van der Waals surface area contributed by atoms with Gasteiger partial charge >= 0.3 is 0 Å². The fourth-order valence-corrected chi connectivity index (χ4v) is 2.71. The first-order valence-electron chi connectivity index (χ1n) is 7.68. The summed E-state index contributed by atoms with van der Waals surface area (Å²) in [5.41, 5.74) is 1.17. The fraction of sp³-hybridized carbons (Fsp3) is 0.438. The molecule has 0 atom stereocenters. The molecule has 116 valence electrons. The van der Waals surface area contributed by atoms with Crippen LogP contribution >= 0.6 is 0 Å². The molecule has 6 heteroatoms. The minimum Gasteiger partial charge on any atom is -0.360 e. The number of hydrogen-bond acceptors (Lipinski definition) is 5. The number of carbonyl (C=O) groups excluding carboxylic acids is 1. The molecule has 2 N–H and O–H groups in total. The predicted octanol–water partition coefficient (Wildman–Crippen LogP) is 3.18. The maximum absolute atomic E-state index is 12.3. The highest BCUT2D eigenvalue weighted by molar-refractivity contribution is 5.93. The van der Waals surface area contributed by atoms with Crippen LogP contribution in [0.1, 0.15) is 48.4 Å². The van der Waals surface area contributed by atoms with Gasteiger partial charge in [-0.25, -0.2) is 0 Å². The molecular formula is C16H20N4O2. The number of carbonyl (C=O) groups is 1. The van der Waals surface area contributed by atoms with Gasteiger partial charge in [-0.2, -0.15) is 0 Å². The van der Waals surface area contributed by atoms with Crippen molar-refractivity contribution >= 4 is 17.4 Å². The van der Waals surface area contributed by atoms with E-state index in [-0.39, 0.29) is 11.9 Å². The predicted molar refractivity (Wildman–Crippen MR) is 83.1 cm³/mol. The smallest absolute Gasteiger partial charge is 0.270 e. The molecule has 6 nitrogen and oxygen atoms in total. The van der Waals surface area contributed by atoms with E-state index in [1.807, 2.05) is 6.92 Å². The van der Waals surface area contributed by atoms with E-state index in [2.05, 4.69) is 20.8 Å². The van der Waals surface area contributed by atoms with Gasteiger partial charge in [0.25, 0.3) is 5.91 Å². The zero-order valence-electron chi connectivity index (χ0n) is 12.6. The molecule has 1 saturated carbocycles. The van der Waals surface area contributed by atoms with Gasteiger partial charge < -0.3 is 15.2 Å². The van der Waals surface area contributed by atoms with Crippen molar-refractivity contribution in [2.45, 2.75) is 45.1 Å². The van der Waals surface area contributed by atoms with Crippen molar-refractivity contribution in [3.05, 3.63) is 35.9 Å². The van der Waals surface area contributed by atoms with Crippen molar-refractivity contribution in [1.29, 1.82) is 0 Å². The Morgan fingerprint density at radius 2 is 2.09 bits per heavy atom. The second-order valence-corrected chi connectivity index (χ2v) is 5.69. The van der Waals surface area contributed by atoms with Crippen molar-refractivity contribution < 1.29 is 9.32 Å². The molecule has 22 heavy (non-hydrogen) atoms. The van der Waals surface area contributed by atoms with Crippen LogP contribution in [-0.2, 0) is 0 Å². The number of anilines is 2. The van der Waals surface area contributed by atoms with E-state index in [0.29, 0.717) is 11.5 Å². The standard InChI is InChI=1S/C16H20N4O2/c1-11-9-15(20-22-11)18-13-7-8-17-14(10-13)16(21)19-12-5-3-2-4-6-12/h7-10,12H,2-6H2,1H3,(H,19,21)(H,17,18,20). The first-order chi connectivity index (χ1) is 10.7. The number of aryl methyl sites for hydroxylation is 1. The van der Waals surface area contributed by atoms with Crippen LogP contribution in [0.4, 0.5) is 11.5 Å². The van der Waals surface area contributed by atoms with Crippen LogP contribution in [0.25, 0.3) is 0 Å². The molecular weight excluding hydrogens is 280 g/mol. The van der Waals surface area contributed by atoms with Gasteiger partial charge in [0.1, 0.15) is 11.5 Å². The van der Waals surface area contributed by atoms with E-state index in [0.717, 1.165) is 24.3 Å². The van der Waals surface area contributed by atoms with E-state index < -0.39 is 0 Å². The summed E-state index contributed by atoms with van der Waals surface area (Å²) in [7, 11) is 0. The summed E-state index contributed by atoms with van der Waals surface area (Å²) in [6.07, 6.45) is 7.37. The van der Waals surface area contributed by atoms with Gasteiger partial charge in [-0.3, -0.25) is 9.78 Å². The summed E-state index contributed by atoms with van der Waals surface area (Å²) in [5, 5.41) is 10.0. The Labute approximate surface area is 129 Å². The highest BCUT2D eigenvalue weighted by Crippen LogP contribution is 2.19. The van der Waals surface area contributed by atoms with Gasteiger partial charge in [-0.15, -0.1) is 0 Å². The van der Waals surface area contributed by atoms with E-state index in [1.54, 1.807) is 24.4 Å². The molecule has 2 aromatic rings. The normalized spacial score (nSPS) is 15.5. The molecule has 0 saturated heterocycles. The monoisotopic (exact) mass is 300 g/mol. The maximum Gasteiger partial charge on any atom is 0.270 e. The molecule has 0 bridgehead atoms. The Kier molecular flexibility index (Phi) is 4.37. The Bertz CT molecular complexity index is 647. The third-order valence-electron chi connectivity index (χ3n) is 3.83.